The highest BCUT2D eigenvalue weighted by molar-refractivity contribution is 5.82. The molecule has 1 aromatic carbocycles. The van der Waals surface area contributed by atoms with Gasteiger partial charge in [-0.25, -0.2) is 9.18 Å². The molecule has 1 aliphatic carbocycles. The Labute approximate surface area is 91.7 Å². The number of aliphatic hydroxyl groups excluding tert-OH is 1. The highest BCUT2D eigenvalue weighted by Crippen LogP contribution is 2.38. The highest BCUT2D eigenvalue weighted by Gasteiger charge is 2.30. The van der Waals surface area contributed by atoms with Gasteiger partial charge in [0.15, 0.2) is 0 Å². The first-order valence-corrected chi connectivity index (χ1v) is 5.03. The van der Waals surface area contributed by atoms with Crippen LogP contribution in [0.4, 0.5) is 14.9 Å². The second kappa shape index (κ2) is 4.09. The Balaban J connectivity index is 2.13. The Kier molecular flexibility index (Phi) is 2.78. The molecule has 0 bridgehead atoms. The lowest BCUT2D eigenvalue weighted by Crippen LogP contribution is -2.27. The summed E-state index contributed by atoms with van der Waals surface area (Å²) in [5.41, 5.74) is 0.759. The van der Waals surface area contributed by atoms with E-state index in [-0.39, 0.29) is 17.7 Å². The number of benzene rings is 1. The van der Waals surface area contributed by atoms with Crippen LogP contribution in [0.3, 0.4) is 0 Å². The molecule has 0 radical (unpaired) electrons. The zero-order valence-corrected chi connectivity index (χ0v) is 8.48. The summed E-state index contributed by atoms with van der Waals surface area (Å²) >= 11 is 0. The van der Waals surface area contributed by atoms with E-state index < -0.39 is 11.9 Å². The third-order valence-electron chi connectivity index (χ3n) is 2.80. The van der Waals surface area contributed by atoms with Crippen LogP contribution in [0.2, 0.25) is 0 Å². The van der Waals surface area contributed by atoms with Crippen LogP contribution >= 0.6 is 0 Å². The SMILES string of the molecule is O=C(O)Nc1ccc(C2CC(O)C2)c(F)c1. The second-order valence-corrected chi connectivity index (χ2v) is 3.99. The van der Waals surface area contributed by atoms with E-state index in [9.17, 15) is 9.18 Å². The first kappa shape index (κ1) is 10.9. The molecule has 1 fully saturated rings. The van der Waals surface area contributed by atoms with Crippen molar-refractivity contribution in [2.45, 2.75) is 24.9 Å². The van der Waals surface area contributed by atoms with Gasteiger partial charge < -0.3 is 10.2 Å². The van der Waals surface area contributed by atoms with Crippen molar-refractivity contribution in [2.75, 3.05) is 5.32 Å². The Bertz CT molecular complexity index is 416. The standard InChI is InChI=1S/C11H12FNO3/c12-10-5-7(13-11(15)16)1-2-9(10)6-3-8(14)4-6/h1-2,5-6,8,13-14H,3-4H2,(H,15,16). The molecule has 3 N–H and O–H groups in total. The monoisotopic (exact) mass is 225 g/mol. The molecular weight excluding hydrogens is 213 g/mol. The van der Waals surface area contributed by atoms with Crippen molar-refractivity contribution in [3.8, 4) is 0 Å². The van der Waals surface area contributed by atoms with E-state index >= 15 is 0 Å². The molecular formula is C11H12FNO3. The molecule has 2 rings (SSSR count). The third-order valence-corrected chi connectivity index (χ3v) is 2.80. The predicted octanol–water partition coefficient (Wildman–Crippen LogP) is 2.15. The van der Waals surface area contributed by atoms with Crippen molar-refractivity contribution >= 4 is 11.8 Å². The summed E-state index contributed by atoms with van der Waals surface area (Å²) in [5, 5.41) is 19.7. The molecule has 4 nitrogen and oxygen atoms in total. The van der Waals surface area contributed by atoms with E-state index in [1.165, 1.54) is 6.07 Å². The van der Waals surface area contributed by atoms with Crippen molar-refractivity contribution in [3.05, 3.63) is 29.6 Å². The van der Waals surface area contributed by atoms with Crippen LogP contribution in [-0.4, -0.2) is 22.4 Å². The van der Waals surface area contributed by atoms with Crippen LogP contribution in [0.5, 0.6) is 0 Å². The second-order valence-electron chi connectivity index (χ2n) is 3.99. The van der Waals surface area contributed by atoms with E-state index in [0.29, 0.717) is 18.4 Å². The van der Waals surface area contributed by atoms with Crippen molar-refractivity contribution < 1.29 is 19.4 Å². The number of amides is 1. The number of rotatable bonds is 2. The maximum atomic E-state index is 13.6. The van der Waals surface area contributed by atoms with E-state index in [2.05, 4.69) is 5.32 Å². The molecule has 0 aliphatic heterocycles. The Morgan fingerprint density at radius 2 is 2.12 bits per heavy atom. The zero-order chi connectivity index (χ0) is 11.7. The topological polar surface area (TPSA) is 69.6 Å². The molecule has 1 aliphatic rings. The number of carbonyl (C=O) groups is 1. The molecule has 0 spiro atoms. The average Bonchev–Trinajstić information content (AvgIpc) is 2.13. The summed E-state index contributed by atoms with van der Waals surface area (Å²) in [4.78, 5) is 10.3. The minimum Gasteiger partial charge on any atom is -0.465 e. The van der Waals surface area contributed by atoms with Gasteiger partial charge in [-0.15, -0.1) is 0 Å². The van der Waals surface area contributed by atoms with E-state index in [1.807, 2.05) is 0 Å². The van der Waals surface area contributed by atoms with Gasteiger partial charge in [0.05, 0.1) is 6.10 Å². The van der Waals surface area contributed by atoms with Crippen LogP contribution in [0.1, 0.15) is 24.3 Å². The lowest BCUT2D eigenvalue weighted by molar-refractivity contribution is 0.0735. The fourth-order valence-corrected chi connectivity index (χ4v) is 1.90. The van der Waals surface area contributed by atoms with Gasteiger partial charge in [-0.2, -0.15) is 0 Å². The average molecular weight is 225 g/mol. The molecule has 86 valence electrons. The van der Waals surface area contributed by atoms with Gasteiger partial charge in [0, 0.05) is 5.69 Å². The first-order valence-electron chi connectivity index (χ1n) is 5.03. The Morgan fingerprint density at radius 3 is 2.62 bits per heavy atom. The summed E-state index contributed by atoms with van der Waals surface area (Å²) < 4.78 is 13.6. The minimum atomic E-state index is -1.22. The molecule has 0 atom stereocenters. The summed E-state index contributed by atoms with van der Waals surface area (Å²) in [6.45, 7) is 0. The number of hydrogen-bond donors (Lipinski definition) is 3. The minimum absolute atomic E-state index is 0.0499. The zero-order valence-electron chi connectivity index (χ0n) is 8.48. The summed E-state index contributed by atoms with van der Waals surface area (Å²) in [6, 6.07) is 4.25. The largest absolute Gasteiger partial charge is 0.465 e. The fourth-order valence-electron chi connectivity index (χ4n) is 1.90. The molecule has 0 aromatic heterocycles. The Morgan fingerprint density at radius 1 is 1.44 bits per heavy atom. The van der Waals surface area contributed by atoms with Gasteiger partial charge in [-0.3, -0.25) is 5.32 Å². The highest BCUT2D eigenvalue weighted by atomic mass is 19.1. The van der Waals surface area contributed by atoms with Crippen molar-refractivity contribution in [1.82, 2.24) is 0 Å². The molecule has 0 heterocycles. The number of aliphatic hydroxyl groups is 1. The van der Waals surface area contributed by atoms with Gasteiger partial charge in [0.2, 0.25) is 0 Å². The lowest BCUT2D eigenvalue weighted by atomic mass is 9.77. The van der Waals surface area contributed by atoms with Crippen molar-refractivity contribution in [1.29, 1.82) is 0 Å². The molecule has 1 saturated carbocycles. The van der Waals surface area contributed by atoms with Crippen molar-refractivity contribution in [3.63, 3.8) is 0 Å². The normalized spacial score (nSPS) is 23.6. The van der Waals surface area contributed by atoms with Crippen LogP contribution in [0.15, 0.2) is 18.2 Å². The molecule has 5 heteroatoms. The molecule has 1 aromatic rings. The number of nitrogens with one attached hydrogen (secondary N) is 1. The van der Waals surface area contributed by atoms with Crippen LogP contribution in [0, 0.1) is 5.82 Å². The molecule has 1 amide bonds. The number of carboxylic acid groups (broad SMARTS) is 1. The lowest BCUT2D eigenvalue weighted by Gasteiger charge is -2.31. The maximum absolute atomic E-state index is 13.6. The molecule has 0 unspecified atom stereocenters. The van der Waals surface area contributed by atoms with Gasteiger partial charge in [0.25, 0.3) is 0 Å². The first-order chi connectivity index (χ1) is 7.56. The summed E-state index contributed by atoms with van der Waals surface area (Å²) in [5.74, 6) is -0.378. The number of hydrogen-bond acceptors (Lipinski definition) is 2. The van der Waals surface area contributed by atoms with E-state index in [1.54, 1.807) is 6.07 Å². The van der Waals surface area contributed by atoms with Gasteiger partial charge in [-0.1, -0.05) is 6.07 Å². The quantitative estimate of drug-likeness (QED) is 0.722. The number of anilines is 1. The van der Waals surface area contributed by atoms with Gasteiger partial charge in [0.1, 0.15) is 5.82 Å². The predicted molar refractivity (Wildman–Crippen MR) is 56.0 cm³/mol. The van der Waals surface area contributed by atoms with E-state index in [4.69, 9.17) is 10.2 Å². The van der Waals surface area contributed by atoms with E-state index in [0.717, 1.165) is 6.07 Å². The Hall–Kier alpha value is -1.62. The maximum Gasteiger partial charge on any atom is 0.409 e. The third kappa shape index (κ3) is 2.14. The molecule has 0 saturated heterocycles. The molecule has 16 heavy (non-hydrogen) atoms. The van der Waals surface area contributed by atoms with Gasteiger partial charge in [-0.05, 0) is 36.5 Å². The smallest absolute Gasteiger partial charge is 0.409 e. The number of halogens is 1. The van der Waals surface area contributed by atoms with Crippen LogP contribution in [-0.2, 0) is 0 Å². The van der Waals surface area contributed by atoms with Crippen LogP contribution in [0.25, 0.3) is 0 Å². The fraction of sp³-hybridized carbons (Fsp3) is 0.364. The summed E-state index contributed by atoms with van der Waals surface area (Å²) in [7, 11) is 0. The van der Waals surface area contributed by atoms with Gasteiger partial charge >= 0.3 is 6.09 Å². The van der Waals surface area contributed by atoms with Crippen LogP contribution < -0.4 is 5.32 Å². The summed E-state index contributed by atoms with van der Waals surface area (Å²) in [6.07, 6.45) is -0.405. The van der Waals surface area contributed by atoms with Crippen molar-refractivity contribution in [2.24, 2.45) is 0 Å².